The van der Waals surface area contributed by atoms with Crippen molar-refractivity contribution in [2.45, 2.75) is 25.5 Å². The Kier molecular flexibility index (Phi) is 5.83. The number of hydrogen-bond acceptors (Lipinski definition) is 4. The van der Waals surface area contributed by atoms with Crippen LogP contribution < -0.4 is 4.74 Å². The van der Waals surface area contributed by atoms with E-state index in [0.717, 1.165) is 38.2 Å². The molecule has 3 rings (SSSR count). The maximum atomic E-state index is 5.76. The molecular weight excluding hydrogens is 300 g/mol. The molecule has 0 amide bonds. The van der Waals surface area contributed by atoms with Crippen molar-refractivity contribution in [3.8, 4) is 5.75 Å². The van der Waals surface area contributed by atoms with Crippen molar-refractivity contribution in [2.24, 2.45) is 5.92 Å². The first kappa shape index (κ1) is 16.9. The molecule has 0 spiro atoms. The van der Waals surface area contributed by atoms with Crippen LogP contribution >= 0.6 is 0 Å². The van der Waals surface area contributed by atoms with Crippen LogP contribution in [0.4, 0.5) is 0 Å². The summed E-state index contributed by atoms with van der Waals surface area (Å²) in [5.41, 5.74) is 2.61. The molecule has 24 heavy (non-hydrogen) atoms. The smallest absolute Gasteiger partial charge is 0.118 e. The van der Waals surface area contributed by atoms with Crippen LogP contribution in [0, 0.1) is 5.92 Å². The summed E-state index contributed by atoms with van der Waals surface area (Å²) in [6.45, 7) is 3.09. The summed E-state index contributed by atoms with van der Waals surface area (Å²) in [6.07, 6.45) is 6.23. The van der Waals surface area contributed by atoms with Gasteiger partial charge in [0.1, 0.15) is 5.75 Å². The first-order chi connectivity index (χ1) is 11.8. The number of hydrogen-bond donors (Lipinski definition) is 0. The standard InChI is InChI=1S/C20H26N2O2/c1-23-19-7-5-16(6-8-19)12-18-15-22(11-9-20(18)24-2)14-17-4-3-10-21-13-17/h3-8,10,13,18,20H,9,11-12,14-15H2,1-2H3/t18-,20-/m0/s1. The van der Waals surface area contributed by atoms with Gasteiger partial charge in [-0.15, -0.1) is 0 Å². The predicted octanol–water partition coefficient (Wildman–Crippen LogP) is 3.17. The van der Waals surface area contributed by atoms with Gasteiger partial charge in [0.25, 0.3) is 0 Å². The average Bonchev–Trinajstić information content (AvgIpc) is 2.63. The minimum absolute atomic E-state index is 0.331. The number of rotatable bonds is 6. The fourth-order valence-electron chi connectivity index (χ4n) is 3.55. The van der Waals surface area contributed by atoms with Crippen molar-refractivity contribution in [3.05, 3.63) is 59.9 Å². The van der Waals surface area contributed by atoms with Gasteiger partial charge < -0.3 is 9.47 Å². The highest BCUT2D eigenvalue weighted by molar-refractivity contribution is 5.27. The molecule has 1 aromatic carbocycles. The van der Waals surface area contributed by atoms with E-state index in [9.17, 15) is 0 Å². The first-order valence-electron chi connectivity index (χ1n) is 8.55. The third-order valence-corrected chi connectivity index (χ3v) is 4.84. The summed E-state index contributed by atoms with van der Waals surface area (Å²) >= 11 is 0. The van der Waals surface area contributed by atoms with Crippen molar-refractivity contribution in [2.75, 3.05) is 27.3 Å². The molecule has 4 nitrogen and oxygen atoms in total. The topological polar surface area (TPSA) is 34.6 Å². The third kappa shape index (κ3) is 4.34. The summed E-state index contributed by atoms with van der Waals surface area (Å²) in [5, 5.41) is 0. The summed E-state index contributed by atoms with van der Waals surface area (Å²) < 4.78 is 11.0. The highest BCUT2D eigenvalue weighted by Crippen LogP contribution is 2.25. The number of ether oxygens (including phenoxy) is 2. The van der Waals surface area contributed by atoms with E-state index >= 15 is 0 Å². The molecule has 1 saturated heterocycles. The summed E-state index contributed by atoms with van der Waals surface area (Å²) in [6, 6.07) is 12.5. The molecule has 0 saturated carbocycles. The van der Waals surface area contributed by atoms with Crippen LogP contribution in [0.15, 0.2) is 48.8 Å². The fourth-order valence-corrected chi connectivity index (χ4v) is 3.55. The van der Waals surface area contributed by atoms with Crippen LogP contribution in [0.25, 0.3) is 0 Å². The van der Waals surface area contributed by atoms with Gasteiger partial charge in [-0.2, -0.15) is 0 Å². The van der Waals surface area contributed by atoms with Crippen molar-refractivity contribution in [1.29, 1.82) is 0 Å². The number of benzene rings is 1. The van der Waals surface area contributed by atoms with Crippen molar-refractivity contribution < 1.29 is 9.47 Å². The monoisotopic (exact) mass is 326 g/mol. The lowest BCUT2D eigenvalue weighted by Gasteiger charge is -2.38. The van der Waals surface area contributed by atoms with Crippen molar-refractivity contribution in [1.82, 2.24) is 9.88 Å². The van der Waals surface area contributed by atoms with E-state index in [4.69, 9.17) is 9.47 Å². The third-order valence-electron chi connectivity index (χ3n) is 4.84. The molecule has 128 valence electrons. The average molecular weight is 326 g/mol. The normalized spacial score (nSPS) is 21.6. The van der Waals surface area contributed by atoms with E-state index in [0.29, 0.717) is 12.0 Å². The molecule has 2 atom stereocenters. The van der Waals surface area contributed by atoms with Gasteiger partial charge in [0, 0.05) is 45.1 Å². The molecule has 1 aliphatic heterocycles. The quantitative estimate of drug-likeness (QED) is 0.817. The summed E-state index contributed by atoms with van der Waals surface area (Å²) in [7, 11) is 3.54. The lowest BCUT2D eigenvalue weighted by Crippen LogP contribution is -2.44. The second kappa shape index (κ2) is 8.27. The van der Waals surface area contributed by atoms with Gasteiger partial charge in [0.2, 0.25) is 0 Å². The lowest BCUT2D eigenvalue weighted by atomic mass is 9.88. The molecule has 4 heteroatoms. The fraction of sp³-hybridized carbons (Fsp3) is 0.450. The Morgan fingerprint density at radius 2 is 1.96 bits per heavy atom. The maximum absolute atomic E-state index is 5.76. The summed E-state index contributed by atoms with van der Waals surface area (Å²) in [4.78, 5) is 6.74. The largest absolute Gasteiger partial charge is 0.497 e. The number of nitrogens with zero attached hydrogens (tertiary/aromatic N) is 2. The predicted molar refractivity (Wildman–Crippen MR) is 95.1 cm³/mol. The zero-order valence-corrected chi connectivity index (χ0v) is 14.5. The van der Waals surface area contributed by atoms with Crippen molar-refractivity contribution >= 4 is 0 Å². The molecule has 1 fully saturated rings. The molecule has 0 bridgehead atoms. The second-order valence-electron chi connectivity index (χ2n) is 6.47. The Bertz CT molecular complexity index is 615. The van der Waals surface area contributed by atoms with Gasteiger partial charge in [-0.25, -0.2) is 0 Å². The Hall–Kier alpha value is -1.91. The van der Waals surface area contributed by atoms with E-state index in [1.807, 2.05) is 37.7 Å². The molecule has 0 radical (unpaired) electrons. The molecule has 0 N–H and O–H groups in total. The van der Waals surface area contributed by atoms with Gasteiger partial charge in [-0.3, -0.25) is 9.88 Å². The zero-order valence-electron chi connectivity index (χ0n) is 14.5. The second-order valence-corrected chi connectivity index (χ2v) is 6.47. The molecular formula is C20H26N2O2. The highest BCUT2D eigenvalue weighted by atomic mass is 16.5. The zero-order chi connectivity index (χ0) is 16.8. The van der Waals surface area contributed by atoms with Crippen LogP contribution in [0.5, 0.6) is 5.75 Å². The van der Waals surface area contributed by atoms with Gasteiger partial charge >= 0.3 is 0 Å². The van der Waals surface area contributed by atoms with Gasteiger partial charge in [-0.05, 0) is 42.2 Å². The Morgan fingerprint density at radius 1 is 1.12 bits per heavy atom. The Labute approximate surface area is 144 Å². The molecule has 0 aliphatic carbocycles. The van der Waals surface area contributed by atoms with E-state index in [2.05, 4.69) is 28.1 Å². The molecule has 1 aromatic heterocycles. The molecule has 1 aliphatic rings. The summed E-state index contributed by atoms with van der Waals surface area (Å²) in [5.74, 6) is 1.41. The van der Waals surface area contributed by atoms with Crippen LogP contribution in [-0.2, 0) is 17.7 Å². The van der Waals surface area contributed by atoms with E-state index in [1.54, 1.807) is 7.11 Å². The van der Waals surface area contributed by atoms with Gasteiger partial charge in [0.15, 0.2) is 0 Å². The van der Waals surface area contributed by atoms with Crippen LogP contribution in [0.2, 0.25) is 0 Å². The first-order valence-corrected chi connectivity index (χ1v) is 8.55. The van der Waals surface area contributed by atoms with E-state index < -0.39 is 0 Å². The lowest BCUT2D eigenvalue weighted by molar-refractivity contribution is -0.00850. The number of aromatic nitrogens is 1. The number of methoxy groups -OCH3 is 2. The van der Waals surface area contributed by atoms with Gasteiger partial charge in [0.05, 0.1) is 13.2 Å². The molecule has 0 unspecified atom stereocenters. The maximum Gasteiger partial charge on any atom is 0.118 e. The minimum atomic E-state index is 0.331. The van der Waals surface area contributed by atoms with Gasteiger partial charge in [-0.1, -0.05) is 18.2 Å². The van der Waals surface area contributed by atoms with E-state index in [1.165, 1.54) is 11.1 Å². The SMILES string of the molecule is COc1ccc(C[C@H]2CN(Cc3cccnc3)CC[C@@H]2OC)cc1. The highest BCUT2D eigenvalue weighted by Gasteiger charge is 2.29. The van der Waals surface area contributed by atoms with Crippen LogP contribution in [0.1, 0.15) is 17.5 Å². The number of likely N-dealkylation sites (tertiary alicyclic amines) is 1. The number of pyridine rings is 1. The van der Waals surface area contributed by atoms with Crippen LogP contribution in [0.3, 0.4) is 0 Å². The number of piperidine rings is 1. The van der Waals surface area contributed by atoms with E-state index in [-0.39, 0.29) is 0 Å². The van der Waals surface area contributed by atoms with Crippen molar-refractivity contribution in [3.63, 3.8) is 0 Å². The minimum Gasteiger partial charge on any atom is -0.497 e. The van der Waals surface area contributed by atoms with Crippen LogP contribution in [-0.4, -0.2) is 43.3 Å². The Morgan fingerprint density at radius 3 is 2.62 bits per heavy atom. The Balaban J connectivity index is 1.64. The molecule has 2 aromatic rings. The molecule has 2 heterocycles.